The summed E-state index contributed by atoms with van der Waals surface area (Å²) in [6.45, 7) is 3.39. The molecule has 2 heterocycles. The molecule has 3 rings (SSSR count). The van der Waals surface area contributed by atoms with Crippen molar-refractivity contribution in [3.05, 3.63) is 29.3 Å². The Hall–Kier alpha value is -2.04. The minimum Gasteiger partial charge on any atom is -0.384 e. The van der Waals surface area contributed by atoms with Gasteiger partial charge >= 0.3 is 0 Å². The third kappa shape index (κ3) is 2.60. The van der Waals surface area contributed by atoms with Crippen molar-refractivity contribution in [2.24, 2.45) is 11.7 Å². The lowest BCUT2D eigenvalue weighted by atomic mass is 9.92. The summed E-state index contributed by atoms with van der Waals surface area (Å²) in [5.41, 5.74) is 8.39. The fourth-order valence-electron chi connectivity index (χ4n) is 3.21. The van der Waals surface area contributed by atoms with Crippen molar-refractivity contribution >= 4 is 17.5 Å². The van der Waals surface area contributed by atoms with E-state index in [2.05, 4.69) is 5.32 Å². The number of nitrogens with zero attached hydrogens (tertiary/aromatic N) is 1. The van der Waals surface area contributed by atoms with Gasteiger partial charge in [0.05, 0.1) is 5.92 Å². The Labute approximate surface area is 124 Å². The number of primary amides is 1. The van der Waals surface area contributed by atoms with E-state index in [1.54, 1.807) is 4.90 Å². The van der Waals surface area contributed by atoms with Crippen molar-refractivity contribution in [2.45, 2.75) is 32.2 Å². The first-order valence-corrected chi connectivity index (χ1v) is 7.53. The van der Waals surface area contributed by atoms with Gasteiger partial charge in [-0.15, -0.1) is 0 Å². The van der Waals surface area contributed by atoms with Crippen molar-refractivity contribution in [3.63, 3.8) is 0 Å². The van der Waals surface area contributed by atoms with Crippen LogP contribution in [0, 0.1) is 5.92 Å². The summed E-state index contributed by atoms with van der Waals surface area (Å²) in [5.74, 6) is -0.544. The predicted octanol–water partition coefficient (Wildman–Crippen LogP) is 1.38. The highest BCUT2D eigenvalue weighted by molar-refractivity contribution is 5.96. The Morgan fingerprint density at radius 3 is 2.90 bits per heavy atom. The molecule has 21 heavy (non-hydrogen) atoms. The van der Waals surface area contributed by atoms with Gasteiger partial charge in [0.15, 0.2) is 0 Å². The molecule has 1 aromatic carbocycles. The number of anilines is 1. The lowest BCUT2D eigenvalue weighted by molar-refractivity contribution is -0.123. The molecule has 5 nitrogen and oxygen atoms in total. The van der Waals surface area contributed by atoms with Gasteiger partial charge in [-0.3, -0.25) is 9.59 Å². The molecule has 2 atom stereocenters. The highest BCUT2D eigenvalue weighted by Gasteiger charge is 2.32. The van der Waals surface area contributed by atoms with E-state index in [1.165, 1.54) is 5.56 Å². The van der Waals surface area contributed by atoms with E-state index in [0.29, 0.717) is 12.1 Å². The van der Waals surface area contributed by atoms with Gasteiger partial charge in [0.2, 0.25) is 5.91 Å². The molecule has 0 bridgehead atoms. The van der Waals surface area contributed by atoms with Gasteiger partial charge in [0.1, 0.15) is 0 Å². The van der Waals surface area contributed by atoms with Gasteiger partial charge in [0.25, 0.3) is 5.91 Å². The summed E-state index contributed by atoms with van der Waals surface area (Å²) >= 11 is 0. The molecule has 2 aliphatic heterocycles. The molecule has 5 heteroatoms. The average Bonchev–Trinajstić information content (AvgIpc) is 2.94. The maximum atomic E-state index is 12.7. The highest BCUT2D eigenvalue weighted by Crippen LogP contribution is 2.27. The number of carbonyl (C=O) groups excluding carboxylic acids is 2. The maximum Gasteiger partial charge on any atom is 0.254 e. The number of hydrogen-bond donors (Lipinski definition) is 2. The zero-order valence-electron chi connectivity index (χ0n) is 12.3. The molecule has 1 aromatic rings. The van der Waals surface area contributed by atoms with Gasteiger partial charge in [-0.25, -0.2) is 0 Å². The summed E-state index contributed by atoms with van der Waals surface area (Å²) in [6.07, 6.45) is 2.60. The minimum absolute atomic E-state index is 0.00931. The molecule has 0 saturated carbocycles. The number of benzene rings is 1. The third-order valence-corrected chi connectivity index (χ3v) is 4.61. The first-order chi connectivity index (χ1) is 10.1. The number of hydrogen-bond acceptors (Lipinski definition) is 3. The van der Waals surface area contributed by atoms with Crippen molar-refractivity contribution in [3.8, 4) is 0 Å². The van der Waals surface area contributed by atoms with Crippen LogP contribution in [0.3, 0.4) is 0 Å². The Kier molecular flexibility index (Phi) is 3.57. The highest BCUT2D eigenvalue weighted by atomic mass is 16.2. The van der Waals surface area contributed by atoms with Gasteiger partial charge in [-0.2, -0.15) is 0 Å². The van der Waals surface area contributed by atoms with Crippen LogP contribution in [0.5, 0.6) is 0 Å². The van der Waals surface area contributed by atoms with Gasteiger partial charge in [0, 0.05) is 30.4 Å². The molecular weight excluding hydrogens is 266 g/mol. The Morgan fingerprint density at radius 1 is 1.33 bits per heavy atom. The van der Waals surface area contributed by atoms with Gasteiger partial charge in [-0.1, -0.05) is 6.07 Å². The molecule has 0 radical (unpaired) electrons. The lowest BCUT2D eigenvalue weighted by Gasteiger charge is -2.37. The quantitative estimate of drug-likeness (QED) is 0.863. The molecule has 0 aromatic heterocycles. The van der Waals surface area contributed by atoms with Crippen molar-refractivity contribution in [1.29, 1.82) is 0 Å². The second kappa shape index (κ2) is 5.39. The molecule has 2 aliphatic rings. The number of carbonyl (C=O) groups is 2. The standard InChI is InChI=1S/C16H21N3O2/c1-10-2-3-13(15(17)20)9-19(10)16(21)12-5-4-11-6-7-18-14(11)8-12/h4-5,8,10,13,18H,2-3,6-7,9H2,1H3,(H2,17,20). The normalized spacial score (nSPS) is 24.3. The minimum atomic E-state index is -0.310. The van der Waals surface area contributed by atoms with Crippen LogP contribution in [0.4, 0.5) is 5.69 Å². The van der Waals surface area contributed by atoms with Crippen LogP contribution in [-0.4, -0.2) is 35.8 Å². The Morgan fingerprint density at radius 2 is 2.14 bits per heavy atom. The van der Waals surface area contributed by atoms with Crippen LogP contribution in [0.2, 0.25) is 0 Å². The largest absolute Gasteiger partial charge is 0.384 e. The molecule has 3 N–H and O–H groups in total. The molecule has 1 fully saturated rings. The molecule has 1 saturated heterocycles. The summed E-state index contributed by atoms with van der Waals surface area (Å²) in [4.78, 5) is 25.9. The summed E-state index contributed by atoms with van der Waals surface area (Å²) in [5, 5.41) is 3.29. The second-order valence-electron chi connectivity index (χ2n) is 6.03. The number of piperidine rings is 1. The Bertz CT molecular complexity index is 585. The number of likely N-dealkylation sites (tertiary alicyclic amines) is 1. The zero-order chi connectivity index (χ0) is 15.0. The summed E-state index contributed by atoms with van der Waals surface area (Å²) in [6, 6.07) is 5.97. The van der Waals surface area contributed by atoms with Gasteiger partial charge < -0.3 is 16.0 Å². The SMILES string of the molecule is CC1CCC(C(N)=O)CN1C(=O)c1ccc2c(c1)NCC2. The van der Waals surface area contributed by atoms with Crippen molar-refractivity contribution < 1.29 is 9.59 Å². The number of amides is 2. The first kappa shape index (κ1) is 13.9. The average molecular weight is 287 g/mol. The number of rotatable bonds is 2. The van der Waals surface area contributed by atoms with Gasteiger partial charge in [-0.05, 0) is 43.9 Å². The fraction of sp³-hybridized carbons (Fsp3) is 0.500. The van der Waals surface area contributed by atoms with Crippen LogP contribution < -0.4 is 11.1 Å². The van der Waals surface area contributed by atoms with Crippen LogP contribution in [0.15, 0.2) is 18.2 Å². The van der Waals surface area contributed by atoms with E-state index in [1.807, 2.05) is 25.1 Å². The molecule has 2 unspecified atom stereocenters. The number of nitrogens with one attached hydrogen (secondary N) is 1. The fourth-order valence-corrected chi connectivity index (χ4v) is 3.21. The molecule has 0 spiro atoms. The number of nitrogens with two attached hydrogens (primary N) is 1. The van der Waals surface area contributed by atoms with E-state index < -0.39 is 0 Å². The second-order valence-corrected chi connectivity index (χ2v) is 6.03. The zero-order valence-corrected chi connectivity index (χ0v) is 12.3. The number of fused-ring (bicyclic) bond motifs is 1. The van der Waals surface area contributed by atoms with Crippen LogP contribution in [0.25, 0.3) is 0 Å². The monoisotopic (exact) mass is 287 g/mol. The maximum absolute atomic E-state index is 12.7. The van der Waals surface area contributed by atoms with E-state index in [4.69, 9.17) is 5.73 Å². The summed E-state index contributed by atoms with van der Waals surface area (Å²) in [7, 11) is 0. The summed E-state index contributed by atoms with van der Waals surface area (Å²) < 4.78 is 0. The van der Waals surface area contributed by atoms with E-state index in [9.17, 15) is 9.59 Å². The van der Waals surface area contributed by atoms with E-state index in [-0.39, 0.29) is 23.8 Å². The smallest absolute Gasteiger partial charge is 0.254 e. The van der Waals surface area contributed by atoms with Crippen molar-refractivity contribution in [2.75, 3.05) is 18.4 Å². The molecule has 0 aliphatic carbocycles. The van der Waals surface area contributed by atoms with Crippen molar-refractivity contribution in [1.82, 2.24) is 4.90 Å². The van der Waals surface area contributed by atoms with Crippen LogP contribution in [-0.2, 0) is 11.2 Å². The lowest BCUT2D eigenvalue weighted by Crippen LogP contribution is -2.48. The van der Waals surface area contributed by atoms with E-state index in [0.717, 1.165) is 31.5 Å². The molecule has 2 amide bonds. The predicted molar refractivity (Wildman–Crippen MR) is 81.1 cm³/mol. The Balaban J connectivity index is 1.81. The van der Waals surface area contributed by atoms with Crippen LogP contribution >= 0.6 is 0 Å². The third-order valence-electron chi connectivity index (χ3n) is 4.61. The molecule has 112 valence electrons. The topological polar surface area (TPSA) is 75.4 Å². The van der Waals surface area contributed by atoms with Crippen LogP contribution in [0.1, 0.15) is 35.7 Å². The van der Waals surface area contributed by atoms with E-state index >= 15 is 0 Å². The molecular formula is C16H21N3O2. The first-order valence-electron chi connectivity index (χ1n) is 7.53.